The van der Waals surface area contributed by atoms with Crippen molar-refractivity contribution in [2.24, 2.45) is 0 Å². The second-order valence-corrected chi connectivity index (χ2v) is 4.57. The molecule has 8 heteroatoms. The van der Waals surface area contributed by atoms with Crippen LogP contribution in [0.2, 0.25) is 5.15 Å². The monoisotopic (exact) mass is 280 g/mol. The van der Waals surface area contributed by atoms with Gasteiger partial charge in [0.2, 0.25) is 0 Å². The molecule has 6 nitrogen and oxygen atoms in total. The van der Waals surface area contributed by atoms with Gasteiger partial charge < -0.3 is 5.73 Å². The number of hydrogen-bond acceptors (Lipinski definition) is 6. The van der Waals surface area contributed by atoms with Gasteiger partial charge in [0.25, 0.3) is 0 Å². The summed E-state index contributed by atoms with van der Waals surface area (Å²) in [6.45, 7) is 1.71. The van der Waals surface area contributed by atoms with Gasteiger partial charge in [0.15, 0.2) is 11.0 Å². The lowest BCUT2D eigenvalue weighted by molar-refractivity contribution is 0.805. The van der Waals surface area contributed by atoms with Crippen LogP contribution in [0.25, 0.3) is 5.82 Å². The van der Waals surface area contributed by atoms with Crippen LogP contribution in [0.3, 0.4) is 0 Å². The van der Waals surface area contributed by atoms with Gasteiger partial charge >= 0.3 is 0 Å². The van der Waals surface area contributed by atoms with Gasteiger partial charge in [0, 0.05) is 6.07 Å². The van der Waals surface area contributed by atoms with Gasteiger partial charge in [-0.05, 0) is 13.2 Å². The minimum atomic E-state index is 0.247. The van der Waals surface area contributed by atoms with E-state index in [0.717, 1.165) is 0 Å². The number of nitrogens with two attached hydrogens (primary N) is 1. The third-order valence-corrected chi connectivity index (χ3v) is 3.01. The smallest absolute Gasteiger partial charge is 0.190 e. The summed E-state index contributed by atoms with van der Waals surface area (Å²) in [7, 11) is 0. The Kier molecular flexibility index (Phi) is 3.41. The van der Waals surface area contributed by atoms with Gasteiger partial charge in [0.1, 0.15) is 22.6 Å². The molecule has 0 spiro atoms. The van der Waals surface area contributed by atoms with Gasteiger partial charge in [-0.25, -0.2) is 9.97 Å². The van der Waals surface area contributed by atoms with E-state index in [2.05, 4.69) is 15.1 Å². The predicted molar refractivity (Wildman–Crippen MR) is 69.8 cm³/mol. The molecule has 0 aromatic carbocycles. The molecule has 0 saturated heterocycles. The quantitative estimate of drug-likeness (QED) is 0.512. The maximum Gasteiger partial charge on any atom is 0.190 e. The van der Waals surface area contributed by atoms with Crippen molar-refractivity contribution in [3.63, 3.8) is 0 Å². The Labute approximate surface area is 113 Å². The van der Waals surface area contributed by atoms with Crippen LogP contribution in [0.1, 0.15) is 11.3 Å². The van der Waals surface area contributed by atoms with Gasteiger partial charge in [-0.3, -0.25) is 0 Å². The largest absolute Gasteiger partial charge is 0.382 e. The second kappa shape index (κ2) is 4.84. The Hall–Kier alpha value is -1.78. The molecule has 0 unspecified atom stereocenters. The molecule has 0 saturated carbocycles. The highest BCUT2D eigenvalue weighted by atomic mass is 35.5. The van der Waals surface area contributed by atoms with Gasteiger partial charge in [-0.2, -0.15) is 15.0 Å². The van der Waals surface area contributed by atoms with Gasteiger partial charge in [-0.1, -0.05) is 23.4 Å². The van der Waals surface area contributed by atoms with Crippen molar-refractivity contribution in [3.8, 4) is 11.9 Å². The molecule has 2 rings (SSSR count). The Bertz CT molecular complexity index is 645. The van der Waals surface area contributed by atoms with E-state index >= 15 is 0 Å². The fourth-order valence-corrected chi connectivity index (χ4v) is 2.05. The van der Waals surface area contributed by atoms with Crippen molar-refractivity contribution < 1.29 is 0 Å². The molecule has 0 fully saturated rings. The van der Waals surface area contributed by atoms with E-state index in [4.69, 9.17) is 22.6 Å². The zero-order valence-corrected chi connectivity index (χ0v) is 11.2. The normalized spacial score (nSPS) is 10.3. The fraction of sp³-hybridized carbons (Fsp3) is 0.200. The molecule has 0 aliphatic rings. The van der Waals surface area contributed by atoms with Gasteiger partial charge in [0.05, 0.1) is 5.69 Å². The SMILES string of the molecule is CSc1nc(Cl)cc(-n2nc(C)c(C#N)c2N)n1. The zero-order valence-electron chi connectivity index (χ0n) is 9.68. The van der Waals surface area contributed by atoms with Crippen LogP contribution in [0.15, 0.2) is 11.2 Å². The highest BCUT2D eigenvalue weighted by Gasteiger charge is 2.15. The maximum absolute atomic E-state index is 8.97. The van der Waals surface area contributed by atoms with Crippen LogP contribution in [0, 0.1) is 18.3 Å². The third kappa shape index (κ3) is 2.12. The number of halogens is 1. The summed E-state index contributed by atoms with van der Waals surface area (Å²) in [4.78, 5) is 8.28. The predicted octanol–water partition coefficient (Wildman–Crippen LogP) is 1.80. The van der Waals surface area contributed by atoms with E-state index in [1.807, 2.05) is 12.3 Å². The number of aromatic nitrogens is 4. The summed E-state index contributed by atoms with van der Waals surface area (Å²) in [5, 5.41) is 14.0. The number of hydrogen-bond donors (Lipinski definition) is 1. The molecule has 0 aliphatic carbocycles. The molecule has 2 aromatic rings. The second-order valence-electron chi connectivity index (χ2n) is 3.40. The summed E-state index contributed by atoms with van der Waals surface area (Å²) in [6, 6.07) is 3.55. The van der Waals surface area contributed by atoms with Crippen LogP contribution >= 0.6 is 23.4 Å². The molecule has 2 aromatic heterocycles. The first-order chi connectivity index (χ1) is 8.56. The molecule has 0 radical (unpaired) electrons. The number of anilines is 1. The van der Waals surface area contributed by atoms with Crippen molar-refractivity contribution in [3.05, 3.63) is 22.5 Å². The Morgan fingerprint density at radius 1 is 1.50 bits per heavy atom. The van der Waals surface area contributed by atoms with Crippen molar-refractivity contribution in [1.29, 1.82) is 5.26 Å². The number of nitrogen functional groups attached to an aromatic ring is 1. The lowest BCUT2D eigenvalue weighted by Gasteiger charge is -2.04. The molecular formula is C10H9ClN6S. The van der Waals surface area contributed by atoms with Crippen molar-refractivity contribution in [2.45, 2.75) is 12.1 Å². The van der Waals surface area contributed by atoms with Crippen molar-refractivity contribution in [1.82, 2.24) is 19.7 Å². The van der Waals surface area contributed by atoms with Crippen LogP contribution in [0.4, 0.5) is 5.82 Å². The summed E-state index contributed by atoms with van der Waals surface area (Å²) in [5.74, 6) is 0.693. The first-order valence-corrected chi connectivity index (χ1v) is 6.51. The number of thioether (sulfide) groups is 1. The summed E-state index contributed by atoms with van der Waals surface area (Å²) in [6.07, 6.45) is 1.84. The lowest BCUT2D eigenvalue weighted by Crippen LogP contribution is -2.06. The molecule has 18 heavy (non-hydrogen) atoms. The lowest BCUT2D eigenvalue weighted by atomic mass is 10.3. The molecule has 92 valence electrons. The van der Waals surface area contributed by atoms with E-state index in [0.29, 0.717) is 27.4 Å². The van der Waals surface area contributed by atoms with Crippen molar-refractivity contribution in [2.75, 3.05) is 12.0 Å². The summed E-state index contributed by atoms with van der Waals surface area (Å²) in [5.41, 5.74) is 6.75. The standard InChI is InChI=1S/C10H9ClN6S/c1-5-6(4-12)9(13)17(16-5)8-3-7(11)14-10(15-8)18-2/h3H,13H2,1-2H3. The summed E-state index contributed by atoms with van der Waals surface area (Å²) >= 11 is 7.26. The first kappa shape index (κ1) is 12.7. The molecule has 0 atom stereocenters. The zero-order chi connectivity index (χ0) is 13.3. The number of nitrogens with zero attached hydrogens (tertiary/aromatic N) is 5. The molecule has 2 heterocycles. The van der Waals surface area contributed by atoms with Gasteiger partial charge in [-0.15, -0.1) is 0 Å². The Balaban J connectivity index is 2.63. The highest BCUT2D eigenvalue weighted by molar-refractivity contribution is 7.98. The van der Waals surface area contributed by atoms with E-state index < -0.39 is 0 Å². The van der Waals surface area contributed by atoms with E-state index in [1.54, 1.807) is 13.0 Å². The Morgan fingerprint density at radius 3 is 2.78 bits per heavy atom. The molecular weight excluding hydrogens is 272 g/mol. The minimum Gasteiger partial charge on any atom is -0.382 e. The van der Waals surface area contributed by atoms with E-state index in [9.17, 15) is 0 Å². The third-order valence-electron chi connectivity index (χ3n) is 2.27. The molecule has 2 N–H and O–H groups in total. The average Bonchev–Trinajstić information content (AvgIpc) is 2.63. The van der Waals surface area contributed by atoms with Crippen LogP contribution in [-0.2, 0) is 0 Å². The van der Waals surface area contributed by atoms with Crippen LogP contribution in [0.5, 0.6) is 0 Å². The van der Waals surface area contributed by atoms with E-state index in [1.165, 1.54) is 16.4 Å². The Morgan fingerprint density at radius 2 is 2.22 bits per heavy atom. The number of nitriles is 1. The average molecular weight is 281 g/mol. The topological polar surface area (TPSA) is 93.4 Å². The van der Waals surface area contributed by atoms with Crippen LogP contribution in [-0.4, -0.2) is 26.0 Å². The summed E-state index contributed by atoms with van der Waals surface area (Å²) < 4.78 is 1.39. The number of aryl methyl sites for hydroxylation is 1. The van der Waals surface area contributed by atoms with E-state index in [-0.39, 0.29) is 5.82 Å². The van der Waals surface area contributed by atoms with Crippen molar-refractivity contribution >= 4 is 29.2 Å². The maximum atomic E-state index is 8.97. The number of rotatable bonds is 2. The minimum absolute atomic E-state index is 0.247. The molecule has 0 amide bonds. The fourth-order valence-electron chi connectivity index (χ4n) is 1.44. The molecule has 0 aliphatic heterocycles. The molecule has 0 bridgehead atoms. The van der Waals surface area contributed by atoms with Crippen LogP contribution < -0.4 is 5.73 Å². The highest BCUT2D eigenvalue weighted by Crippen LogP contribution is 2.22. The first-order valence-electron chi connectivity index (χ1n) is 4.91.